The van der Waals surface area contributed by atoms with Gasteiger partial charge in [-0.05, 0) is 24.2 Å². The van der Waals surface area contributed by atoms with Gasteiger partial charge in [-0.15, -0.1) is 0 Å². The monoisotopic (exact) mass is 311 g/mol. The molecule has 0 aliphatic carbocycles. The molecular weight excluding hydrogens is 297 g/mol. The second-order valence-corrected chi connectivity index (χ2v) is 11.3. The summed E-state index contributed by atoms with van der Waals surface area (Å²) in [4.78, 5) is 4.08. The summed E-state index contributed by atoms with van der Waals surface area (Å²) in [5.41, 5.74) is 0. The van der Waals surface area contributed by atoms with Crippen LogP contribution >= 0.6 is 34.8 Å². The second kappa shape index (κ2) is 4.96. The van der Waals surface area contributed by atoms with Crippen LogP contribution in [0.5, 0.6) is 5.88 Å². The summed E-state index contributed by atoms with van der Waals surface area (Å²) in [6.45, 7) is 10.7. The van der Waals surface area contributed by atoms with Crippen LogP contribution in [0.2, 0.25) is 33.3 Å². The third-order valence-corrected chi connectivity index (χ3v) is 8.27. The van der Waals surface area contributed by atoms with Gasteiger partial charge < -0.3 is 4.43 Å². The molecule has 0 aromatic carbocycles. The first kappa shape index (κ1) is 15.1. The molecule has 1 aromatic rings. The van der Waals surface area contributed by atoms with Crippen molar-refractivity contribution in [2.45, 2.75) is 38.9 Å². The molecule has 0 bridgehead atoms. The van der Waals surface area contributed by atoms with Gasteiger partial charge in [0.05, 0.1) is 5.02 Å². The van der Waals surface area contributed by atoms with Gasteiger partial charge in [0, 0.05) is 0 Å². The molecule has 0 amide bonds. The SMILES string of the molecule is CC(C)(C)[Si](C)(C)Oc1nc(Cl)c(Cl)cc1Cl. The van der Waals surface area contributed by atoms with E-state index < -0.39 is 8.32 Å². The number of nitrogens with zero attached hydrogens (tertiary/aromatic N) is 1. The molecule has 0 spiro atoms. The second-order valence-electron chi connectivity index (χ2n) is 5.41. The minimum absolute atomic E-state index is 0.0735. The lowest BCUT2D eigenvalue weighted by atomic mass is 10.2. The number of rotatable bonds is 2. The molecule has 0 aliphatic rings. The Morgan fingerprint density at radius 2 is 1.65 bits per heavy atom. The Kier molecular flexibility index (Phi) is 4.40. The fourth-order valence-corrected chi connectivity index (χ4v) is 2.43. The standard InChI is InChI=1S/C11H16Cl3NOSi/c1-11(2,3)17(4,5)16-10-8(13)6-7(12)9(14)15-10/h6H,1-5H3. The van der Waals surface area contributed by atoms with Gasteiger partial charge in [0.15, 0.2) is 5.15 Å². The van der Waals surface area contributed by atoms with Crippen molar-refractivity contribution in [2.24, 2.45) is 0 Å². The van der Waals surface area contributed by atoms with E-state index in [1.807, 2.05) is 0 Å². The first-order valence-corrected chi connectivity index (χ1v) is 9.29. The molecule has 6 heteroatoms. The highest BCUT2D eigenvalue weighted by Crippen LogP contribution is 2.39. The van der Waals surface area contributed by atoms with Crippen molar-refractivity contribution in [2.75, 3.05) is 0 Å². The van der Waals surface area contributed by atoms with Gasteiger partial charge in [-0.3, -0.25) is 0 Å². The Morgan fingerprint density at radius 3 is 2.12 bits per heavy atom. The summed E-state index contributed by atoms with van der Waals surface area (Å²) in [6.07, 6.45) is 0. The number of aromatic nitrogens is 1. The van der Waals surface area contributed by atoms with Crippen molar-refractivity contribution in [1.82, 2.24) is 4.98 Å². The van der Waals surface area contributed by atoms with E-state index in [4.69, 9.17) is 39.2 Å². The molecule has 1 aromatic heterocycles. The number of pyridine rings is 1. The molecule has 1 heterocycles. The van der Waals surface area contributed by atoms with E-state index in [1.165, 1.54) is 0 Å². The van der Waals surface area contributed by atoms with Crippen LogP contribution in [0.15, 0.2) is 6.07 Å². The maximum Gasteiger partial charge on any atom is 0.252 e. The van der Waals surface area contributed by atoms with E-state index in [1.54, 1.807) is 6.07 Å². The van der Waals surface area contributed by atoms with Gasteiger partial charge in [-0.2, -0.15) is 4.98 Å². The molecule has 1 rings (SSSR count). The molecule has 0 atom stereocenters. The minimum Gasteiger partial charge on any atom is -0.530 e. The highest BCUT2D eigenvalue weighted by Gasteiger charge is 2.39. The van der Waals surface area contributed by atoms with E-state index in [0.29, 0.717) is 15.9 Å². The molecule has 96 valence electrons. The molecule has 2 nitrogen and oxygen atoms in total. The normalized spacial score (nSPS) is 12.7. The first-order chi connectivity index (χ1) is 7.54. The zero-order valence-corrected chi connectivity index (χ0v) is 13.8. The molecule has 0 saturated heterocycles. The average Bonchev–Trinajstić information content (AvgIpc) is 2.12. The lowest BCUT2D eigenvalue weighted by Crippen LogP contribution is -2.44. The Hall–Kier alpha value is 0.0369. The van der Waals surface area contributed by atoms with Crippen LogP contribution in [0.4, 0.5) is 0 Å². The lowest BCUT2D eigenvalue weighted by Gasteiger charge is -2.36. The maximum absolute atomic E-state index is 6.05. The molecule has 0 aliphatic heterocycles. The van der Waals surface area contributed by atoms with Gasteiger partial charge in [-0.25, -0.2) is 0 Å². The Labute approximate surface area is 118 Å². The third kappa shape index (κ3) is 3.50. The molecule has 17 heavy (non-hydrogen) atoms. The molecular formula is C11H16Cl3NOSi. The fraction of sp³-hybridized carbons (Fsp3) is 0.545. The largest absolute Gasteiger partial charge is 0.530 e. The van der Waals surface area contributed by atoms with Crippen molar-refractivity contribution in [3.63, 3.8) is 0 Å². The number of hydrogen-bond donors (Lipinski definition) is 0. The summed E-state index contributed by atoms with van der Waals surface area (Å²) in [7, 11) is -1.97. The van der Waals surface area contributed by atoms with Gasteiger partial charge in [-0.1, -0.05) is 55.6 Å². The summed E-state index contributed by atoms with van der Waals surface area (Å²) in [5.74, 6) is 0.368. The zero-order valence-electron chi connectivity index (χ0n) is 10.6. The summed E-state index contributed by atoms with van der Waals surface area (Å²) in [5, 5.41) is 1.01. The number of halogens is 3. The predicted molar refractivity (Wildman–Crippen MR) is 77.1 cm³/mol. The minimum atomic E-state index is -1.97. The van der Waals surface area contributed by atoms with Crippen molar-refractivity contribution in [3.8, 4) is 5.88 Å². The quantitative estimate of drug-likeness (QED) is 0.537. The van der Waals surface area contributed by atoms with Crippen LogP contribution in [0.25, 0.3) is 0 Å². The van der Waals surface area contributed by atoms with Crippen molar-refractivity contribution in [1.29, 1.82) is 0 Å². The molecule has 0 fully saturated rings. The van der Waals surface area contributed by atoms with E-state index in [9.17, 15) is 0 Å². The van der Waals surface area contributed by atoms with Crippen LogP contribution in [0, 0.1) is 0 Å². The van der Waals surface area contributed by atoms with Crippen LogP contribution in [0.1, 0.15) is 20.8 Å². The number of hydrogen-bond acceptors (Lipinski definition) is 2. The third-order valence-electron chi connectivity index (χ3n) is 3.01. The summed E-state index contributed by atoms with van der Waals surface area (Å²) < 4.78 is 5.99. The molecule has 0 saturated carbocycles. The van der Waals surface area contributed by atoms with E-state index in [0.717, 1.165) is 0 Å². The Bertz CT molecular complexity index is 429. The Morgan fingerprint density at radius 1 is 1.12 bits per heavy atom. The molecule has 0 N–H and O–H groups in total. The van der Waals surface area contributed by atoms with E-state index in [2.05, 4.69) is 38.8 Å². The topological polar surface area (TPSA) is 22.1 Å². The van der Waals surface area contributed by atoms with Crippen molar-refractivity contribution >= 4 is 43.1 Å². The average molecular weight is 313 g/mol. The predicted octanol–water partition coefficient (Wildman–Crippen LogP) is 5.43. The van der Waals surface area contributed by atoms with Gasteiger partial charge in [0.25, 0.3) is 8.32 Å². The highest BCUT2D eigenvalue weighted by molar-refractivity contribution is 6.74. The van der Waals surface area contributed by atoms with Crippen LogP contribution < -0.4 is 4.43 Å². The van der Waals surface area contributed by atoms with E-state index >= 15 is 0 Å². The molecule has 0 radical (unpaired) electrons. The zero-order chi connectivity index (χ0) is 13.4. The maximum atomic E-state index is 6.05. The van der Waals surface area contributed by atoms with Crippen LogP contribution in [0.3, 0.4) is 0 Å². The van der Waals surface area contributed by atoms with Gasteiger partial charge >= 0.3 is 0 Å². The molecule has 0 unspecified atom stereocenters. The smallest absolute Gasteiger partial charge is 0.252 e. The Balaban J connectivity index is 3.08. The summed E-state index contributed by atoms with van der Waals surface area (Å²) >= 11 is 17.7. The van der Waals surface area contributed by atoms with Crippen molar-refractivity contribution < 1.29 is 4.43 Å². The van der Waals surface area contributed by atoms with Crippen molar-refractivity contribution in [3.05, 3.63) is 21.3 Å². The van der Waals surface area contributed by atoms with Crippen LogP contribution in [-0.4, -0.2) is 13.3 Å². The van der Waals surface area contributed by atoms with Gasteiger partial charge in [0.2, 0.25) is 5.88 Å². The van der Waals surface area contributed by atoms with Crippen LogP contribution in [-0.2, 0) is 0 Å². The fourth-order valence-electron chi connectivity index (χ4n) is 0.895. The lowest BCUT2D eigenvalue weighted by molar-refractivity contribution is 0.477. The highest BCUT2D eigenvalue weighted by atomic mass is 35.5. The van der Waals surface area contributed by atoms with E-state index in [-0.39, 0.29) is 10.2 Å². The summed E-state index contributed by atoms with van der Waals surface area (Å²) in [6, 6.07) is 1.56. The first-order valence-electron chi connectivity index (χ1n) is 5.25. The van der Waals surface area contributed by atoms with Gasteiger partial charge in [0.1, 0.15) is 5.02 Å².